The summed E-state index contributed by atoms with van der Waals surface area (Å²) in [5.41, 5.74) is 8.13. The van der Waals surface area contributed by atoms with Crippen LogP contribution in [-0.2, 0) is 23.9 Å². The van der Waals surface area contributed by atoms with Gasteiger partial charge in [0.25, 0.3) is 5.69 Å². The van der Waals surface area contributed by atoms with Crippen LogP contribution in [0.4, 0.5) is 11.4 Å². The largest absolute Gasteiger partial charge is 0.465 e. The number of hydrogen-bond acceptors (Lipinski definition) is 10. The van der Waals surface area contributed by atoms with Gasteiger partial charge in [-0.15, -0.1) is 11.3 Å². The number of anilines is 1. The van der Waals surface area contributed by atoms with Gasteiger partial charge in [-0.25, -0.2) is 4.79 Å². The zero-order valence-corrected chi connectivity index (χ0v) is 23.8. The average molecular weight is 588 g/mol. The van der Waals surface area contributed by atoms with Gasteiger partial charge in [0.1, 0.15) is 11.7 Å². The molecule has 2 aromatic carbocycles. The minimum atomic E-state index is -1.19. The molecule has 0 fully saturated rings. The topological polar surface area (TPSA) is 142 Å². The minimum absolute atomic E-state index is 0.0361. The Kier molecular flexibility index (Phi) is 8.21. The number of esters is 2. The van der Waals surface area contributed by atoms with Crippen molar-refractivity contribution >= 4 is 40.4 Å². The Bertz CT molecular complexity index is 1600. The lowest BCUT2D eigenvalue weighted by Crippen LogP contribution is -2.46. The number of allylic oxidation sites excluding steroid dienone is 2. The van der Waals surface area contributed by atoms with Gasteiger partial charge < -0.3 is 15.2 Å². The molecule has 216 valence electrons. The van der Waals surface area contributed by atoms with Crippen LogP contribution < -0.4 is 10.6 Å². The molecule has 1 aliphatic heterocycles. The van der Waals surface area contributed by atoms with E-state index in [1.807, 2.05) is 35.7 Å². The Morgan fingerprint density at radius 3 is 2.43 bits per heavy atom. The smallest absolute Gasteiger partial charge is 0.338 e. The third-order valence-electron chi connectivity index (χ3n) is 7.41. The van der Waals surface area contributed by atoms with Gasteiger partial charge >= 0.3 is 11.9 Å². The van der Waals surface area contributed by atoms with Crippen LogP contribution in [0.2, 0.25) is 0 Å². The average Bonchev–Trinajstić information content (AvgIpc) is 3.52. The fraction of sp³-hybridized carbons (Fsp3) is 0.258. The van der Waals surface area contributed by atoms with Crippen molar-refractivity contribution in [1.82, 2.24) is 0 Å². The van der Waals surface area contributed by atoms with E-state index in [4.69, 9.17) is 15.2 Å². The van der Waals surface area contributed by atoms with Gasteiger partial charge in [0.15, 0.2) is 5.78 Å². The fourth-order valence-corrected chi connectivity index (χ4v) is 6.60. The summed E-state index contributed by atoms with van der Waals surface area (Å²) >= 11 is 1.43. The summed E-state index contributed by atoms with van der Waals surface area (Å²) in [6.07, 6.45) is 0.224. The first-order chi connectivity index (χ1) is 20.3. The molecule has 0 saturated heterocycles. The molecule has 1 aliphatic carbocycles. The summed E-state index contributed by atoms with van der Waals surface area (Å²) in [5.74, 6) is -4.78. The number of para-hydroxylation sites is 1. The summed E-state index contributed by atoms with van der Waals surface area (Å²) in [5, 5.41) is 13.6. The molecule has 0 unspecified atom stereocenters. The van der Waals surface area contributed by atoms with Crippen LogP contribution in [0.25, 0.3) is 0 Å². The molecule has 3 aromatic rings. The van der Waals surface area contributed by atoms with Crippen molar-refractivity contribution in [3.8, 4) is 0 Å². The predicted molar refractivity (Wildman–Crippen MR) is 156 cm³/mol. The highest BCUT2D eigenvalue weighted by molar-refractivity contribution is 7.10. The number of nitrogens with zero attached hydrogens (tertiary/aromatic N) is 2. The van der Waals surface area contributed by atoms with E-state index in [2.05, 4.69) is 0 Å². The van der Waals surface area contributed by atoms with Gasteiger partial charge in [0.05, 0.1) is 29.6 Å². The fourth-order valence-electron chi connectivity index (χ4n) is 5.73. The molecular weight excluding hydrogens is 558 g/mol. The minimum Gasteiger partial charge on any atom is -0.465 e. The maximum atomic E-state index is 14.7. The number of benzene rings is 2. The van der Waals surface area contributed by atoms with Crippen molar-refractivity contribution in [1.29, 1.82) is 0 Å². The molecule has 42 heavy (non-hydrogen) atoms. The highest BCUT2D eigenvalue weighted by atomic mass is 32.1. The molecule has 0 saturated carbocycles. The molecule has 11 heteroatoms. The van der Waals surface area contributed by atoms with E-state index in [1.54, 1.807) is 36.9 Å². The van der Waals surface area contributed by atoms with Crippen LogP contribution in [0.15, 0.2) is 94.8 Å². The molecule has 1 aromatic heterocycles. The molecule has 3 atom stereocenters. The second kappa shape index (κ2) is 12.0. The molecule has 2 heterocycles. The van der Waals surface area contributed by atoms with Gasteiger partial charge in [0, 0.05) is 39.9 Å². The number of thiophene rings is 1. The number of Topliss-reactive ketones (excluding diaryl/α,β-unsaturated/α-hetero) is 1. The number of nitro groups is 1. The molecule has 0 radical (unpaired) electrons. The number of carbonyl (C=O) groups excluding carboxylic acids is 3. The second-order valence-electron chi connectivity index (χ2n) is 9.76. The van der Waals surface area contributed by atoms with Crippen LogP contribution in [0.5, 0.6) is 0 Å². The lowest BCUT2D eigenvalue weighted by molar-refractivity contribution is -0.384. The first kappa shape index (κ1) is 28.7. The number of ether oxygens (including phenoxy) is 2. The van der Waals surface area contributed by atoms with E-state index in [9.17, 15) is 24.5 Å². The van der Waals surface area contributed by atoms with Gasteiger partial charge in [0.2, 0.25) is 0 Å². The molecule has 2 N–H and O–H groups in total. The van der Waals surface area contributed by atoms with Crippen molar-refractivity contribution in [2.24, 2.45) is 11.7 Å². The van der Waals surface area contributed by atoms with E-state index in [1.165, 1.54) is 29.5 Å². The van der Waals surface area contributed by atoms with Crippen molar-refractivity contribution in [3.63, 3.8) is 0 Å². The number of non-ortho nitro benzene ring substituents is 1. The van der Waals surface area contributed by atoms with Crippen molar-refractivity contribution in [3.05, 3.63) is 115 Å². The van der Waals surface area contributed by atoms with Crippen LogP contribution in [0.1, 0.15) is 42.5 Å². The van der Waals surface area contributed by atoms with E-state index in [0.29, 0.717) is 16.9 Å². The molecule has 0 bridgehead atoms. The number of nitro benzene ring substituents is 1. The van der Waals surface area contributed by atoms with E-state index in [-0.39, 0.29) is 42.3 Å². The normalized spacial score (nSPS) is 20.3. The van der Waals surface area contributed by atoms with Gasteiger partial charge in [-0.2, -0.15) is 0 Å². The summed E-state index contributed by atoms with van der Waals surface area (Å²) in [7, 11) is 0. The Morgan fingerprint density at radius 2 is 1.79 bits per heavy atom. The maximum absolute atomic E-state index is 14.7. The molecule has 10 nitrogen and oxygen atoms in total. The summed E-state index contributed by atoms with van der Waals surface area (Å²) < 4.78 is 10.8. The molecule has 0 amide bonds. The van der Waals surface area contributed by atoms with Crippen molar-refractivity contribution in [2.45, 2.75) is 32.1 Å². The van der Waals surface area contributed by atoms with Crippen LogP contribution in [0.3, 0.4) is 0 Å². The Labute approximate surface area is 246 Å². The highest BCUT2D eigenvalue weighted by Gasteiger charge is 2.51. The second-order valence-corrected chi connectivity index (χ2v) is 10.7. The maximum Gasteiger partial charge on any atom is 0.338 e. The number of nitrogens with two attached hydrogens (primary N) is 1. The van der Waals surface area contributed by atoms with Gasteiger partial charge in [-0.05, 0) is 49.4 Å². The monoisotopic (exact) mass is 587 g/mol. The van der Waals surface area contributed by atoms with Crippen molar-refractivity contribution in [2.75, 3.05) is 18.1 Å². The summed E-state index contributed by atoms with van der Waals surface area (Å²) in [6, 6.07) is 18.5. The molecular formula is C31H29N3O7S. The first-order valence-electron chi connectivity index (χ1n) is 13.5. The standard InChI is InChI=1S/C31H29N3O7S/c1-3-40-30(36)25-21(23-14-9-15-42-23)17-22-26(28(25)35)24(18-10-8-13-20(16-18)34(38)39)27(31(37)41-4-2)29(32)33(22)19-11-6-5-7-12-19/h5-16,21,24-25H,3-4,17,32H2,1-2H3/t21-,24-,25-/m0/s1. The van der Waals surface area contributed by atoms with Gasteiger partial charge in [-0.3, -0.25) is 24.6 Å². The lowest BCUT2D eigenvalue weighted by atomic mass is 9.68. The molecule has 5 rings (SSSR count). The SMILES string of the molecule is CCOC(=O)C1=C(N)N(c2ccccc2)C2=C(C(=O)[C@@H](C(=O)OCC)[C@H](c3cccs3)C2)[C@@H]1c1cccc([N+](=O)[O-])c1. The predicted octanol–water partition coefficient (Wildman–Crippen LogP) is 5.18. The molecule has 2 aliphatic rings. The Balaban J connectivity index is 1.82. The third-order valence-corrected chi connectivity index (χ3v) is 8.42. The molecule has 0 spiro atoms. The van der Waals surface area contributed by atoms with Crippen LogP contribution >= 0.6 is 11.3 Å². The Hall–Kier alpha value is -4.77. The number of ketones is 1. The quantitative estimate of drug-likeness (QED) is 0.163. The third kappa shape index (κ3) is 5.07. The summed E-state index contributed by atoms with van der Waals surface area (Å²) in [6.45, 7) is 3.43. The number of carbonyl (C=O) groups is 3. The van der Waals surface area contributed by atoms with Crippen molar-refractivity contribution < 1.29 is 28.8 Å². The highest BCUT2D eigenvalue weighted by Crippen LogP contribution is 2.52. The van der Waals surface area contributed by atoms with E-state index >= 15 is 0 Å². The number of rotatable bonds is 8. The van der Waals surface area contributed by atoms with E-state index in [0.717, 1.165) is 4.88 Å². The first-order valence-corrected chi connectivity index (χ1v) is 14.4. The Morgan fingerprint density at radius 1 is 1.05 bits per heavy atom. The lowest BCUT2D eigenvalue weighted by Gasteiger charge is -2.43. The van der Waals surface area contributed by atoms with E-state index < -0.39 is 40.4 Å². The number of hydrogen-bond donors (Lipinski definition) is 1. The zero-order chi connectivity index (χ0) is 30.0. The zero-order valence-electron chi connectivity index (χ0n) is 23.0. The van der Waals surface area contributed by atoms with Gasteiger partial charge in [-0.1, -0.05) is 36.4 Å². The summed E-state index contributed by atoms with van der Waals surface area (Å²) in [4.78, 5) is 55.3. The van der Waals surface area contributed by atoms with Crippen LogP contribution in [0, 0.1) is 16.0 Å². The van der Waals surface area contributed by atoms with Crippen LogP contribution in [-0.4, -0.2) is 35.9 Å².